The number of benzene rings is 1. The number of hydrogen-bond donors (Lipinski definition) is 1. The fourth-order valence-electron chi connectivity index (χ4n) is 2.26. The topological polar surface area (TPSA) is 72.0 Å². The Morgan fingerprint density at radius 2 is 1.76 bits per heavy atom. The van der Waals surface area contributed by atoms with Crippen LogP contribution in [0.4, 0.5) is 10.2 Å². The van der Waals surface area contributed by atoms with Gasteiger partial charge in [0.2, 0.25) is 5.95 Å². The second-order valence-corrected chi connectivity index (χ2v) is 7.28. The second-order valence-electron chi connectivity index (χ2n) is 5.25. The summed E-state index contributed by atoms with van der Waals surface area (Å²) in [6, 6.07) is 14.0. The normalized spacial score (nSPS) is 11.3. The van der Waals surface area contributed by atoms with Gasteiger partial charge >= 0.3 is 0 Å². The minimum absolute atomic E-state index is 0.0636. The summed E-state index contributed by atoms with van der Waals surface area (Å²) < 4.78 is 40.2. The van der Waals surface area contributed by atoms with Gasteiger partial charge in [0, 0.05) is 5.56 Å². The third-order valence-corrected chi connectivity index (χ3v) is 5.01. The molecule has 0 unspecified atom stereocenters. The summed E-state index contributed by atoms with van der Waals surface area (Å²) in [5.41, 5.74) is 2.19. The Labute approximate surface area is 149 Å². The van der Waals surface area contributed by atoms with E-state index in [1.165, 1.54) is 18.2 Å². The number of nitrogens with one attached hydrogen (secondary N) is 1. The lowest BCUT2D eigenvalue weighted by molar-refractivity contribution is 0.558. The van der Waals surface area contributed by atoms with E-state index in [1.54, 1.807) is 6.07 Å². The van der Waals surface area contributed by atoms with Crippen LogP contribution in [0.3, 0.4) is 0 Å². The van der Waals surface area contributed by atoms with Gasteiger partial charge in [-0.25, -0.2) is 9.97 Å². The number of hydrogen-bond acceptors (Lipinski definition) is 4. The molecule has 128 valence electrons. The highest BCUT2D eigenvalue weighted by Crippen LogP contribution is 2.30. The maximum absolute atomic E-state index is 13.2. The number of aryl methyl sites for hydroxylation is 1. The molecule has 0 saturated carbocycles. The van der Waals surface area contributed by atoms with E-state index < -0.39 is 21.0 Å². The van der Waals surface area contributed by atoms with Crippen molar-refractivity contribution in [2.75, 3.05) is 4.72 Å². The van der Waals surface area contributed by atoms with Crippen molar-refractivity contribution in [1.29, 1.82) is 0 Å². The Bertz CT molecular complexity index is 1040. The Balaban J connectivity index is 2.00. The smallest absolute Gasteiger partial charge is 0.262 e. The lowest BCUT2D eigenvalue weighted by Crippen LogP contribution is -2.16. The third-order valence-electron chi connectivity index (χ3n) is 3.45. The summed E-state index contributed by atoms with van der Waals surface area (Å²) in [6.45, 7) is 1.90. The molecule has 0 bridgehead atoms. The number of nitrogens with zero attached hydrogens (tertiary/aromatic N) is 2. The van der Waals surface area contributed by atoms with Crippen molar-refractivity contribution in [1.82, 2.24) is 9.97 Å². The van der Waals surface area contributed by atoms with Crippen molar-refractivity contribution < 1.29 is 12.8 Å². The Hall–Kier alpha value is -2.51. The summed E-state index contributed by atoms with van der Waals surface area (Å²) in [6.07, 6.45) is 0. The molecular formula is C17H13ClFN3O2S. The molecule has 0 aliphatic carbocycles. The summed E-state index contributed by atoms with van der Waals surface area (Å²) in [5, 5.41) is -0.0391. The molecule has 0 spiro atoms. The standard InChI is InChI=1S/C17H13ClFN3O2S/c1-11-5-2-3-6-12(11)17-13(18)9-10-15(21-17)22-25(23,24)16-8-4-7-14(19)20-16/h2-10H,1H3,(H,21,22). The molecule has 0 fully saturated rings. The zero-order valence-corrected chi connectivity index (χ0v) is 14.6. The second kappa shape index (κ2) is 6.78. The lowest BCUT2D eigenvalue weighted by atomic mass is 10.1. The molecule has 1 N–H and O–H groups in total. The number of anilines is 1. The van der Waals surface area contributed by atoms with Gasteiger partial charge < -0.3 is 0 Å². The van der Waals surface area contributed by atoms with Gasteiger partial charge in [0.15, 0.2) is 5.03 Å². The first kappa shape index (κ1) is 17.3. The zero-order chi connectivity index (χ0) is 18.0. The molecule has 2 aromatic heterocycles. The fourth-order valence-corrected chi connectivity index (χ4v) is 3.42. The van der Waals surface area contributed by atoms with Gasteiger partial charge in [-0.05, 0) is 36.8 Å². The molecule has 1 aromatic carbocycles. The van der Waals surface area contributed by atoms with Crippen LogP contribution in [0.25, 0.3) is 11.3 Å². The molecule has 0 aliphatic heterocycles. The van der Waals surface area contributed by atoms with Gasteiger partial charge in [0.25, 0.3) is 10.0 Å². The SMILES string of the molecule is Cc1ccccc1-c1nc(NS(=O)(=O)c2cccc(F)n2)ccc1Cl. The largest absolute Gasteiger partial charge is 0.280 e. The Morgan fingerprint density at radius 1 is 1.00 bits per heavy atom. The highest BCUT2D eigenvalue weighted by atomic mass is 35.5. The van der Waals surface area contributed by atoms with E-state index in [-0.39, 0.29) is 5.82 Å². The first-order valence-electron chi connectivity index (χ1n) is 7.25. The van der Waals surface area contributed by atoms with Gasteiger partial charge in [-0.3, -0.25) is 4.72 Å². The molecule has 3 aromatic rings. The average Bonchev–Trinajstić information content (AvgIpc) is 2.57. The van der Waals surface area contributed by atoms with Gasteiger partial charge in [-0.15, -0.1) is 0 Å². The average molecular weight is 378 g/mol. The number of pyridine rings is 2. The highest BCUT2D eigenvalue weighted by Gasteiger charge is 2.18. The molecule has 0 amide bonds. The van der Waals surface area contributed by atoms with Crippen LogP contribution < -0.4 is 4.72 Å². The van der Waals surface area contributed by atoms with Crippen LogP contribution in [-0.2, 0) is 10.0 Å². The van der Waals surface area contributed by atoms with Crippen LogP contribution in [0.2, 0.25) is 5.02 Å². The van der Waals surface area contributed by atoms with Crippen LogP contribution >= 0.6 is 11.6 Å². The van der Waals surface area contributed by atoms with Crippen LogP contribution in [-0.4, -0.2) is 18.4 Å². The first-order valence-corrected chi connectivity index (χ1v) is 9.11. The molecule has 0 atom stereocenters. The van der Waals surface area contributed by atoms with E-state index in [2.05, 4.69) is 14.7 Å². The van der Waals surface area contributed by atoms with E-state index in [4.69, 9.17) is 11.6 Å². The van der Waals surface area contributed by atoms with E-state index in [0.29, 0.717) is 10.7 Å². The Kier molecular flexibility index (Phi) is 4.69. The van der Waals surface area contributed by atoms with Gasteiger partial charge in [-0.1, -0.05) is 41.9 Å². The van der Waals surface area contributed by atoms with Crippen LogP contribution in [0.5, 0.6) is 0 Å². The molecule has 0 radical (unpaired) electrons. The van der Waals surface area contributed by atoms with E-state index in [1.807, 2.05) is 31.2 Å². The van der Waals surface area contributed by atoms with Crippen molar-refractivity contribution in [2.24, 2.45) is 0 Å². The minimum Gasteiger partial charge on any atom is -0.262 e. The molecule has 5 nitrogen and oxygen atoms in total. The predicted octanol–water partition coefficient (Wildman–Crippen LogP) is 4.05. The summed E-state index contributed by atoms with van der Waals surface area (Å²) in [7, 11) is -4.06. The summed E-state index contributed by atoms with van der Waals surface area (Å²) in [5.74, 6) is -0.818. The van der Waals surface area contributed by atoms with Crippen LogP contribution in [0, 0.1) is 12.9 Å². The molecule has 25 heavy (non-hydrogen) atoms. The number of halogens is 2. The highest BCUT2D eigenvalue weighted by molar-refractivity contribution is 7.92. The van der Waals surface area contributed by atoms with Crippen LogP contribution in [0.15, 0.2) is 59.6 Å². The molecule has 3 rings (SSSR count). The number of aromatic nitrogens is 2. The minimum atomic E-state index is -4.06. The maximum Gasteiger partial charge on any atom is 0.280 e. The summed E-state index contributed by atoms with van der Waals surface area (Å²) >= 11 is 6.21. The Morgan fingerprint density at radius 3 is 2.48 bits per heavy atom. The molecule has 0 saturated heterocycles. The number of sulfonamides is 1. The third kappa shape index (κ3) is 3.78. The lowest BCUT2D eigenvalue weighted by Gasteiger charge is -2.11. The van der Waals surface area contributed by atoms with Crippen molar-refractivity contribution in [3.05, 3.63) is 71.1 Å². The maximum atomic E-state index is 13.2. The fraction of sp³-hybridized carbons (Fsp3) is 0.0588. The van der Waals surface area contributed by atoms with E-state index >= 15 is 0 Å². The van der Waals surface area contributed by atoms with Crippen molar-refractivity contribution >= 4 is 27.4 Å². The molecule has 2 heterocycles. The quantitative estimate of drug-likeness (QED) is 0.696. The zero-order valence-electron chi connectivity index (χ0n) is 13.1. The first-order chi connectivity index (χ1) is 11.9. The van der Waals surface area contributed by atoms with Gasteiger partial charge in [0.1, 0.15) is 5.82 Å². The van der Waals surface area contributed by atoms with Crippen molar-refractivity contribution in [3.8, 4) is 11.3 Å². The molecule has 8 heteroatoms. The van der Waals surface area contributed by atoms with E-state index in [0.717, 1.165) is 17.2 Å². The molecule has 0 aliphatic rings. The van der Waals surface area contributed by atoms with Gasteiger partial charge in [-0.2, -0.15) is 12.8 Å². The van der Waals surface area contributed by atoms with Gasteiger partial charge in [0.05, 0.1) is 10.7 Å². The number of rotatable bonds is 4. The van der Waals surface area contributed by atoms with Crippen molar-refractivity contribution in [2.45, 2.75) is 11.9 Å². The van der Waals surface area contributed by atoms with E-state index in [9.17, 15) is 12.8 Å². The summed E-state index contributed by atoms with van der Waals surface area (Å²) in [4.78, 5) is 7.68. The monoisotopic (exact) mass is 377 g/mol. The van der Waals surface area contributed by atoms with Crippen molar-refractivity contribution in [3.63, 3.8) is 0 Å². The molecular weight excluding hydrogens is 365 g/mol. The predicted molar refractivity (Wildman–Crippen MR) is 94.4 cm³/mol. The van der Waals surface area contributed by atoms with Crippen LogP contribution in [0.1, 0.15) is 5.56 Å².